The van der Waals surface area contributed by atoms with Gasteiger partial charge in [-0.05, 0) is 38.0 Å². The lowest BCUT2D eigenvalue weighted by molar-refractivity contribution is 0.923. The van der Waals surface area contributed by atoms with Crippen molar-refractivity contribution in [1.29, 1.82) is 0 Å². The minimum absolute atomic E-state index is 0.554. The number of nitrogens with two attached hydrogens (primary N) is 1. The molecule has 2 N–H and O–H groups in total. The van der Waals surface area contributed by atoms with Gasteiger partial charge < -0.3 is 5.73 Å². The number of hydrogen-bond acceptors (Lipinski definition) is 2. The lowest BCUT2D eigenvalue weighted by Gasteiger charge is -2.03. The molecule has 0 radical (unpaired) electrons. The summed E-state index contributed by atoms with van der Waals surface area (Å²) < 4.78 is 1.96. The van der Waals surface area contributed by atoms with Crippen molar-refractivity contribution in [3.05, 3.63) is 65.5 Å². The second-order valence-electron chi connectivity index (χ2n) is 5.29. The molecule has 3 heteroatoms. The van der Waals surface area contributed by atoms with Crippen LogP contribution in [0, 0.1) is 0 Å². The fourth-order valence-corrected chi connectivity index (χ4v) is 2.59. The fraction of sp³-hybridized carbons (Fsp3) is 0.381. The van der Waals surface area contributed by atoms with Crippen LogP contribution in [0.15, 0.2) is 48.7 Å². The highest BCUT2D eigenvalue weighted by atomic mass is 15.2. The van der Waals surface area contributed by atoms with E-state index < -0.39 is 0 Å². The first-order valence-electron chi connectivity index (χ1n) is 8.91. The Morgan fingerprint density at radius 3 is 2.58 bits per heavy atom. The molecular formula is C21H31N3. The zero-order valence-electron chi connectivity index (χ0n) is 15.7. The molecule has 2 rings (SSSR count). The Morgan fingerprint density at radius 2 is 2.00 bits per heavy atom. The van der Waals surface area contributed by atoms with Gasteiger partial charge in [0.1, 0.15) is 0 Å². The second-order valence-corrected chi connectivity index (χ2v) is 5.29. The first-order valence-corrected chi connectivity index (χ1v) is 8.91. The van der Waals surface area contributed by atoms with Gasteiger partial charge in [-0.25, -0.2) is 4.52 Å². The molecule has 0 unspecified atom stereocenters. The third kappa shape index (κ3) is 4.68. The van der Waals surface area contributed by atoms with Gasteiger partial charge in [-0.15, -0.1) is 0 Å². The number of allylic oxidation sites excluding steroid dienone is 6. The van der Waals surface area contributed by atoms with E-state index in [1.807, 2.05) is 50.5 Å². The fourth-order valence-electron chi connectivity index (χ4n) is 2.59. The molecule has 0 aliphatic heterocycles. The zero-order valence-corrected chi connectivity index (χ0v) is 15.7. The molecule has 0 fully saturated rings. The largest absolute Gasteiger partial charge is 0.326 e. The van der Waals surface area contributed by atoms with E-state index in [0.29, 0.717) is 6.54 Å². The highest BCUT2D eigenvalue weighted by Gasteiger charge is 2.14. The Hall–Kier alpha value is -2.13. The van der Waals surface area contributed by atoms with E-state index in [4.69, 9.17) is 10.8 Å². The van der Waals surface area contributed by atoms with Crippen LogP contribution in [-0.2, 0) is 13.0 Å². The van der Waals surface area contributed by atoms with Crippen molar-refractivity contribution in [2.45, 2.75) is 54.0 Å². The third-order valence-electron chi connectivity index (χ3n) is 3.63. The van der Waals surface area contributed by atoms with Gasteiger partial charge in [-0.1, -0.05) is 57.6 Å². The SMILES string of the molecule is CC.C\C=C/C=C(\C=C/C)c1nn2ccc(CN)cc2c1CCC. The summed E-state index contributed by atoms with van der Waals surface area (Å²) in [6.07, 6.45) is 14.5. The van der Waals surface area contributed by atoms with E-state index in [9.17, 15) is 0 Å². The lowest BCUT2D eigenvalue weighted by atomic mass is 10.0. The minimum atomic E-state index is 0.554. The summed E-state index contributed by atoms with van der Waals surface area (Å²) in [6, 6.07) is 4.19. The number of hydrogen-bond donors (Lipinski definition) is 1. The van der Waals surface area contributed by atoms with Crippen molar-refractivity contribution in [1.82, 2.24) is 9.61 Å². The summed E-state index contributed by atoms with van der Waals surface area (Å²) >= 11 is 0. The highest BCUT2D eigenvalue weighted by molar-refractivity contribution is 5.79. The van der Waals surface area contributed by atoms with Crippen LogP contribution in [0.4, 0.5) is 0 Å². The molecule has 0 aliphatic rings. The van der Waals surface area contributed by atoms with E-state index in [1.165, 1.54) is 5.56 Å². The first kappa shape index (κ1) is 19.9. The summed E-state index contributed by atoms with van der Waals surface area (Å²) in [4.78, 5) is 0. The maximum absolute atomic E-state index is 5.78. The smallest absolute Gasteiger partial charge is 0.0965 e. The third-order valence-corrected chi connectivity index (χ3v) is 3.63. The van der Waals surface area contributed by atoms with Crippen LogP contribution in [0.2, 0.25) is 0 Å². The van der Waals surface area contributed by atoms with Gasteiger partial charge in [0.15, 0.2) is 0 Å². The van der Waals surface area contributed by atoms with Crippen LogP contribution < -0.4 is 5.73 Å². The number of fused-ring (bicyclic) bond motifs is 1. The van der Waals surface area contributed by atoms with Crippen LogP contribution in [0.3, 0.4) is 0 Å². The molecule has 0 atom stereocenters. The summed E-state index contributed by atoms with van der Waals surface area (Å²) in [5.74, 6) is 0. The number of rotatable bonds is 6. The van der Waals surface area contributed by atoms with Gasteiger partial charge in [-0.3, -0.25) is 0 Å². The normalized spacial score (nSPS) is 12.2. The van der Waals surface area contributed by atoms with E-state index in [1.54, 1.807) is 0 Å². The predicted molar refractivity (Wildman–Crippen MR) is 106 cm³/mol. The maximum Gasteiger partial charge on any atom is 0.0965 e. The zero-order chi connectivity index (χ0) is 17.9. The maximum atomic E-state index is 5.78. The Balaban J connectivity index is 0.00000139. The van der Waals surface area contributed by atoms with Crippen LogP contribution in [0.5, 0.6) is 0 Å². The summed E-state index contributed by atoms with van der Waals surface area (Å²) in [6.45, 7) is 10.8. The van der Waals surface area contributed by atoms with E-state index in [0.717, 1.165) is 35.2 Å². The van der Waals surface area contributed by atoms with Gasteiger partial charge in [0, 0.05) is 23.9 Å². The van der Waals surface area contributed by atoms with Crippen LogP contribution >= 0.6 is 0 Å². The van der Waals surface area contributed by atoms with Crippen molar-refractivity contribution in [2.75, 3.05) is 0 Å². The molecule has 0 saturated carbocycles. The molecule has 0 saturated heterocycles. The number of aromatic nitrogens is 2. The van der Waals surface area contributed by atoms with E-state index >= 15 is 0 Å². The monoisotopic (exact) mass is 325 g/mol. The van der Waals surface area contributed by atoms with Gasteiger partial charge in [-0.2, -0.15) is 5.10 Å². The Labute approximate surface area is 146 Å². The number of nitrogens with zero attached hydrogens (tertiary/aromatic N) is 2. The lowest BCUT2D eigenvalue weighted by Crippen LogP contribution is -1.98. The van der Waals surface area contributed by atoms with Gasteiger partial charge in [0.25, 0.3) is 0 Å². The molecule has 2 aromatic heterocycles. The summed E-state index contributed by atoms with van der Waals surface area (Å²) in [5, 5.41) is 4.80. The minimum Gasteiger partial charge on any atom is -0.326 e. The Morgan fingerprint density at radius 1 is 1.25 bits per heavy atom. The molecule has 2 aromatic rings. The first-order chi connectivity index (χ1) is 11.7. The molecule has 0 bridgehead atoms. The highest BCUT2D eigenvalue weighted by Crippen LogP contribution is 2.26. The summed E-state index contributed by atoms with van der Waals surface area (Å²) in [7, 11) is 0. The van der Waals surface area contributed by atoms with Crippen molar-refractivity contribution < 1.29 is 0 Å². The molecule has 0 aliphatic carbocycles. The topological polar surface area (TPSA) is 43.3 Å². The molecule has 0 aromatic carbocycles. The van der Waals surface area contributed by atoms with Crippen LogP contribution in [0.1, 0.15) is 57.9 Å². The molecular weight excluding hydrogens is 294 g/mol. The van der Waals surface area contributed by atoms with Crippen molar-refractivity contribution >= 4 is 11.1 Å². The molecule has 130 valence electrons. The molecule has 2 heterocycles. The number of pyridine rings is 1. The van der Waals surface area contributed by atoms with Crippen molar-refractivity contribution in [2.24, 2.45) is 5.73 Å². The quantitative estimate of drug-likeness (QED) is 0.732. The average Bonchev–Trinajstić information content (AvgIpc) is 2.98. The Kier molecular flexibility index (Phi) is 8.80. The van der Waals surface area contributed by atoms with E-state index in [2.05, 4.69) is 37.3 Å². The number of aryl methyl sites for hydroxylation is 1. The van der Waals surface area contributed by atoms with Crippen LogP contribution in [0.25, 0.3) is 11.1 Å². The van der Waals surface area contributed by atoms with Crippen LogP contribution in [-0.4, -0.2) is 9.61 Å². The van der Waals surface area contributed by atoms with Crippen molar-refractivity contribution in [3.8, 4) is 0 Å². The predicted octanol–water partition coefficient (Wildman–Crippen LogP) is 5.31. The second kappa shape index (κ2) is 10.6. The van der Waals surface area contributed by atoms with E-state index in [-0.39, 0.29) is 0 Å². The molecule has 24 heavy (non-hydrogen) atoms. The average molecular weight is 326 g/mol. The van der Waals surface area contributed by atoms with Gasteiger partial charge in [0.2, 0.25) is 0 Å². The molecule has 3 nitrogen and oxygen atoms in total. The van der Waals surface area contributed by atoms with Gasteiger partial charge >= 0.3 is 0 Å². The van der Waals surface area contributed by atoms with Crippen molar-refractivity contribution in [3.63, 3.8) is 0 Å². The van der Waals surface area contributed by atoms with Gasteiger partial charge in [0.05, 0.1) is 11.2 Å². The Bertz CT molecular complexity index is 718. The standard InChI is InChI=1S/C19H25N3.C2H6/c1-4-7-10-16(8-5-2)19-17(9-6-3)18-13-15(14-20)11-12-22(18)21-19;1-2/h4-5,7-8,10-13H,6,9,14,20H2,1-3H3;1-2H3/b7-4-,8-5-,16-10+;. The summed E-state index contributed by atoms with van der Waals surface area (Å²) in [5.41, 5.74) is 11.6. The molecule has 0 amide bonds. The molecule has 0 spiro atoms.